The molecule has 2 aliphatic heterocycles. The second kappa shape index (κ2) is 7.24. The summed E-state index contributed by atoms with van der Waals surface area (Å²) in [7, 11) is 1.68. The Bertz CT molecular complexity index is 1000. The van der Waals surface area contributed by atoms with Crippen molar-refractivity contribution in [2.75, 3.05) is 26.7 Å². The zero-order chi connectivity index (χ0) is 21.8. The van der Waals surface area contributed by atoms with Crippen LogP contribution in [0.25, 0.3) is 5.65 Å². The van der Waals surface area contributed by atoms with E-state index in [1.54, 1.807) is 36.8 Å². The molecule has 2 aromatic heterocycles. The van der Waals surface area contributed by atoms with Gasteiger partial charge in [-0.05, 0) is 18.4 Å². The molecule has 4 rings (SSSR count). The summed E-state index contributed by atoms with van der Waals surface area (Å²) in [4.78, 5) is 32.1. The molecule has 0 bridgehead atoms. The summed E-state index contributed by atoms with van der Waals surface area (Å²) < 4.78 is 41.6. The lowest BCUT2D eigenvalue weighted by Gasteiger charge is -2.20. The number of likely N-dealkylation sites (tertiary alicyclic amines) is 2. The Morgan fingerprint density at radius 1 is 1.23 bits per heavy atom. The van der Waals surface area contributed by atoms with Crippen LogP contribution in [0, 0.1) is 5.92 Å². The summed E-state index contributed by atoms with van der Waals surface area (Å²) in [5.74, 6) is -0.781. The maximum Gasteiger partial charge on any atom is 0.433 e. The number of amides is 2. The van der Waals surface area contributed by atoms with Crippen molar-refractivity contribution in [2.45, 2.75) is 44.7 Å². The van der Waals surface area contributed by atoms with Gasteiger partial charge in [-0.2, -0.15) is 18.3 Å². The van der Waals surface area contributed by atoms with E-state index in [-0.39, 0.29) is 41.6 Å². The molecule has 162 valence electrons. The van der Waals surface area contributed by atoms with Gasteiger partial charge in [-0.25, -0.2) is 9.50 Å². The topological polar surface area (TPSA) is 70.8 Å². The minimum atomic E-state index is -4.55. The van der Waals surface area contributed by atoms with Crippen molar-refractivity contribution < 1.29 is 22.8 Å². The highest BCUT2D eigenvalue weighted by molar-refractivity contribution is 5.89. The first kappa shape index (κ1) is 20.6. The van der Waals surface area contributed by atoms with Crippen molar-refractivity contribution in [2.24, 2.45) is 5.92 Å². The molecular formula is C20H24F3N5O2. The number of rotatable bonds is 3. The molecule has 2 atom stereocenters. The Morgan fingerprint density at radius 2 is 1.97 bits per heavy atom. The zero-order valence-corrected chi connectivity index (χ0v) is 17.1. The summed E-state index contributed by atoms with van der Waals surface area (Å²) in [5.41, 5.74) is 0.181. The van der Waals surface area contributed by atoms with Gasteiger partial charge in [0.15, 0.2) is 5.65 Å². The quantitative estimate of drug-likeness (QED) is 0.761. The fourth-order valence-corrected chi connectivity index (χ4v) is 4.20. The summed E-state index contributed by atoms with van der Waals surface area (Å²) in [6.45, 7) is 4.88. The minimum absolute atomic E-state index is 0.0452. The molecule has 30 heavy (non-hydrogen) atoms. The lowest BCUT2D eigenvalue weighted by molar-refractivity contribution is -0.142. The van der Waals surface area contributed by atoms with Gasteiger partial charge in [-0.1, -0.05) is 13.8 Å². The van der Waals surface area contributed by atoms with Crippen LogP contribution in [0.4, 0.5) is 13.2 Å². The average Bonchev–Trinajstić information content (AvgIpc) is 3.37. The third-order valence-corrected chi connectivity index (χ3v) is 5.96. The lowest BCUT2D eigenvalue weighted by Crippen LogP contribution is -2.35. The summed E-state index contributed by atoms with van der Waals surface area (Å²) in [6, 6.07) is 2.64. The predicted octanol–water partition coefficient (Wildman–Crippen LogP) is 2.67. The van der Waals surface area contributed by atoms with E-state index in [1.165, 1.54) is 0 Å². The normalized spacial score (nSPS) is 22.7. The van der Waals surface area contributed by atoms with E-state index in [4.69, 9.17) is 0 Å². The Kier molecular flexibility index (Phi) is 4.98. The molecule has 0 saturated carbocycles. The number of alkyl halides is 3. The number of carbonyl (C=O) groups is 2. The highest BCUT2D eigenvalue weighted by Gasteiger charge is 2.39. The molecule has 4 heterocycles. The smallest absolute Gasteiger partial charge is 0.345 e. The van der Waals surface area contributed by atoms with Crippen molar-refractivity contribution in [3.63, 3.8) is 0 Å². The molecule has 0 aliphatic carbocycles. The van der Waals surface area contributed by atoms with Crippen LogP contribution >= 0.6 is 0 Å². The number of nitrogens with zero attached hydrogens (tertiary/aromatic N) is 5. The van der Waals surface area contributed by atoms with E-state index in [2.05, 4.69) is 10.1 Å². The predicted molar refractivity (Wildman–Crippen MR) is 102 cm³/mol. The van der Waals surface area contributed by atoms with E-state index in [0.29, 0.717) is 37.4 Å². The Morgan fingerprint density at radius 3 is 2.57 bits per heavy atom. The van der Waals surface area contributed by atoms with Gasteiger partial charge >= 0.3 is 6.18 Å². The molecule has 10 heteroatoms. The summed E-state index contributed by atoms with van der Waals surface area (Å²) in [5, 5.41) is 4.21. The average molecular weight is 423 g/mol. The highest BCUT2D eigenvalue weighted by atomic mass is 19.4. The van der Waals surface area contributed by atoms with Gasteiger partial charge < -0.3 is 9.80 Å². The second-order valence-electron chi connectivity index (χ2n) is 8.50. The molecule has 2 saturated heterocycles. The number of hydrogen-bond acceptors (Lipinski definition) is 4. The van der Waals surface area contributed by atoms with E-state index in [0.717, 1.165) is 10.6 Å². The van der Waals surface area contributed by atoms with Crippen LogP contribution in [0.1, 0.15) is 55.6 Å². The van der Waals surface area contributed by atoms with Crippen molar-refractivity contribution >= 4 is 17.5 Å². The summed E-state index contributed by atoms with van der Waals surface area (Å²) in [6.07, 6.45) is -3.72. The third-order valence-electron chi connectivity index (χ3n) is 5.96. The van der Waals surface area contributed by atoms with Crippen LogP contribution in [0.5, 0.6) is 0 Å². The Balaban J connectivity index is 1.58. The molecule has 2 aliphatic rings. The maximum absolute atomic E-state index is 13.6. The number of carbonyl (C=O) groups excluding carboxylic acids is 2. The molecule has 2 aromatic rings. The minimum Gasteiger partial charge on any atom is -0.345 e. The molecule has 0 N–H and O–H groups in total. The highest BCUT2D eigenvalue weighted by Crippen LogP contribution is 2.34. The first-order valence-electron chi connectivity index (χ1n) is 10.0. The van der Waals surface area contributed by atoms with Gasteiger partial charge in [0.25, 0.3) is 0 Å². The van der Waals surface area contributed by atoms with Gasteiger partial charge in [0.05, 0.1) is 11.6 Å². The maximum atomic E-state index is 13.6. The van der Waals surface area contributed by atoms with Crippen LogP contribution in [-0.4, -0.2) is 62.9 Å². The molecule has 2 amide bonds. The monoisotopic (exact) mass is 423 g/mol. The van der Waals surface area contributed by atoms with Gasteiger partial charge in [-0.15, -0.1) is 0 Å². The lowest BCUT2D eigenvalue weighted by atomic mass is 10.1. The van der Waals surface area contributed by atoms with Crippen molar-refractivity contribution in [1.82, 2.24) is 24.4 Å². The Hall–Kier alpha value is -2.65. The number of fused-ring (bicyclic) bond motifs is 1. The fourth-order valence-electron chi connectivity index (χ4n) is 4.20. The van der Waals surface area contributed by atoms with Crippen molar-refractivity contribution in [1.29, 1.82) is 0 Å². The molecule has 0 unspecified atom stereocenters. The fraction of sp³-hybridized carbons (Fsp3) is 0.600. The van der Waals surface area contributed by atoms with Crippen molar-refractivity contribution in [3.05, 3.63) is 29.2 Å². The second-order valence-corrected chi connectivity index (χ2v) is 8.50. The van der Waals surface area contributed by atoms with Gasteiger partial charge in [0.1, 0.15) is 5.69 Å². The zero-order valence-electron chi connectivity index (χ0n) is 17.1. The molecule has 2 fully saturated rings. The molecule has 0 aromatic carbocycles. The van der Waals surface area contributed by atoms with E-state index >= 15 is 0 Å². The van der Waals surface area contributed by atoms with E-state index in [9.17, 15) is 22.8 Å². The standard InChI is InChI=1S/C20H24F3N5O2/c1-11(2)14-7-16(20(21,22)23)28-17(24-14)8-15(25-28)12-4-5-27(10-12)19(30)13-6-18(29)26(3)9-13/h7-8,11-13H,4-6,9-10H2,1-3H3/t12-,13-/m1/s1. The van der Waals surface area contributed by atoms with E-state index in [1.807, 2.05) is 0 Å². The SMILES string of the molecule is CC(C)c1cc(C(F)(F)F)n2nc([C@@H]3CCN(C(=O)[C@@H]4CC(=O)N(C)C4)C3)cc2n1. The molecule has 0 radical (unpaired) electrons. The van der Waals surface area contributed by atoms with Crippen LogP contribution in [0.15, 0.2) is 12.1 Å². The van der Waals surface area contributed by atoms with Crippen LogP contribution in [-0.2, 0) is 15.8 Å². The largest absolute Gasteiger partial charge is 0.433 e. The van der Waals surface area contributed by atoms with Gasteiger partial charge in [0, 0.05) is 50.8 Å². The number of halogens is 3. The van der Waals surface area contributed by atoms with Crippen LogP contribution < -0.4 is 0 Å². The molecular weight excluding hydrogens is 399 g/mol. The van der Waals surface area contributed by atoms with Gasteiger partial charge in [-0.3, -0.25) is 9.59 Å². The van der Waals surface area contributed by atoms with Gasteiger partial charge in [0.2, 0.25) is 11.8 Å². The Labute approximate surface area is 171 Å². The first-order chi connectivity index (χ1) is 14.0. The molecule has 0 spiro atoms. The number of hydrogen-bond donors (Lipinski definition) is 0. The first-order valence-corrected chi connectivity index (χ1v) is 10.0. The third kappa shape index (κ3) is 3.63. The summed E-state index contributed by atoms with van der Waals surface area (Å²) >= 11 is 0. The van der Waals surface area contributed by atoms with Crippen LogP contribution in [0.3, 0.4) is 0 Å². The molecule has 7 nitrogen and oxygen atoms in total. The van der Waals surface area contributed by atoms with Crippen molar-refractivity contribution in [3.8, 4) is 0 Å². The van der Waals surface area contributed by atoms with Crippen LogP contribution in [0.2, 0.25) is 0 Å². The number of aromatic nitrogens is 3. The van der Waals surface area contributed by atoms with E-state index < -0.39 is 11.9 Å².